The van der Waals surface area contributed by atoms with E-state index in [9.17, 15) is 19.7 Å². The molecule has 0 atom stereocenters. The summed E-state index contributed by atoms with van der Waals surface area (Å²) >= 11 is 0. The number of Topliss-reactive ketones (excluding diaryl/α,β-unsaturated/α-hetero) is 1. The molecule has 0 unspecified atom stereocenters. The summed E-state index contributed by atoms with van der Waals surface area (Å²) < 4.78 is 12.4. The molecule has 0 saturated carbocycles. The van der Waals surface area contributed by atoms with E-state index in [4.69, 9.17) is 14.7 Å². The maximum absolute atomic E-state index is 13.7. The fourth-order valence-electron chi connectivity index (χ4n) is 6.10. The summed E-state index contributed by atoms with van der Waals surface area (Å²) in [6.07, 6.45) is 3.80. The lowest BCUT2D eigenvalue weighted by Crippen LogP contribution is -2.52. The van der Waals surface area contributed by atoms with Crippen molar-refractivity contribution in [2.24, 2.45) is 0 Å². The zero-order chi connectivity index (χ0) is 30.0. The van der Waals surface area contributed by atoms with E-state index in [0.29, 0.717) is 55.2 Å². The molecular formula is C32H31N5O6. The number of aromatic nitrogens is 1. The number of ketones is 1. The van der Waals surface area contributed by atoms with Gasteiger partial charge in [-0.25, -0.2) is 4.98 Å². The minimum Gasteiger partial charge on any atom is -0.486 e. The summed E-state index contributed by atoms with van der Waals surface area (Å²) in [7, 11) is 0. The van der Waals surface area contributed by atoms with Crippen LogP contribution in [0.4, 0.5) is 11.5 Å². The first kappa shape index (κ1) is 28.3. The number of hydrogen-bond donors (Lipinski definition) is 0. The maximum Gasteiger partial charge on any atom is 0.300 e. The van der Waals surface area contributed by atoms with Crippen molar-refractivity contribution in [2.75, 3.05) is 31.1 Å². The lowest BCUT2D eigenvalue weighted by molar-refractivity contribution is -0.385. The van der Waals surface area contributed by atoms with E-state index in [1.165, 1.54) is 12.3 Å². The number of nitriles is 1. The van der Waals surface area contributed by atoms with Crippen molar-refractivity contribution in [2.45, 2.75) is 50.4 Å². The summed E-state index contributed by atoms with van der Waals surface area (Å²) in [5, 5.41) is 21.0. The second kappa shape index (κ2) is 11.8. The average molecular weight is 582 g/mol. The average Bonchev–Trinajstić information content (AvgIpc) is 3.04. The molecule has 1 amide bonds. The molecule has 0 radical (unpaired) electrons. The van der Waals surface area contributed by atoms with Gasteiger partial charge in [-0.1, -0.05) is 30.3 Å². The molecule has 220 valence electrons. The Hall–Kier alpha value is -4.82. The number of fused-ring (bicyclic) bond motifs is 1. The standard InChI is InChI=1S/C32H31N5O6/c33-19-23-6-7-29-26(16-23)28(38)18-32(43-29)10-14-36(15-11-32)31(39)25-17-30(34-20-27(25)37(40)41)35-12-8-24(9-13-35)42-21-22-4-2-1-3-5-22/h1-7,16-17,20,24H,8-15,18,21H2. The number of carbonyl (C=O) groups is 2. The van der Waals surface area contributed by atoms with Gasteiger partial charge in [-0.05, 0) is 36.6 Å². The molecular weight excluding hydrogens is 550 g/mol. The van der Waals surface area contributed by atoms with Crippen molar-refractivity contribution < 1.29 is 24.0 Å². The van der Waals surface area contributed by atoms with E-state index in [1.807, 2.05) is 41.3 Å². The Balaban J connectivity index is 1.11. The number of nitro groups is 1. The molecule has 2 aromatic carbocycles. The summed E-state index contributed by atoms with van der Waals surface area (Å²) in [5.41, 5.74) is 0.831. The number of nitrogens with zero attached hydrogens (tertiary/aromatic N) is 5. The molecule has 6 rings (SSSR count). The fourth-order valence-corrected chi connectivity index (χ4v) is 6.10. The molecule has 3 aliphatic heterocycles. The minimum absolute atomic E-state index is 0.00317. The van der Waals surface area contributed by atoms with Crippen molar-refractivity contribution in [3.63, 3.8) is 0 Å². The van der Waals surface area contributed by atoms with Crippen LogP contribution in [-0.4, -0.2) is 64.4 Å². The monoisotopic (exact) mass is 581 g/mol. The smallest absolute Gasteiger partial charge is 0.300 e. The second-order valence-corrected chi connectivity index (χ2v) is 11.3. The highest BCUT2D eigenvalue weighted by molar-refractivity contribution is 6.01. The van der Waals surface area contributed by atoms with Gasteiger partial charge in [0.05, 0.1) is 41.3 Å². The van der Waals surface area contributed by atoms with Gasteiger partial charge in [0.1, 0.15) is 28.9 Å². The third-order valence-electron chi connectivity index (χ3n) is 8.57. The van der Waals surface area contributed by atoms with E-state index >= 15 is 0 Å². The highest BCUT2D eigenvalue weighted by Crippen LogP contribution is 2.40. The maximum atomic E-state index is 13.7. The highest BCUT2D eigenvalue weighted by atomic mass is 16.6. The van der Waals surface area contributed by atoms with Crippen LogP contribution in [0.1, 0.15) is 63.9 Å². The number of hydrogen-bond acceptors (Lipinski definition) is 9. The molecule has 0 N–H and O–H groups in total. The topological polar surface area (TPSA) is 139 Å². The fraction of sp³-hybridized carbons (Fsp3) is 0.375. The SMILES string of the molecule is N#Cc1ccc2c(c1)C(=O)CC1(CCN(C(=O)c3cc(N4CCC(OCc5ccccc5)CC4)ncc3[N+](=O)[O-])CC1)O2. The normalized spacial score (nSPS) is 18.1. The Morgan fingerprint density at radius 3 is 2.56 bits per heavy atom. The first-order valence-electron chi connectivity index (χ1n) is 14.4. The van der Waals surface area contributed by atoms with Gasteiger partial charge in [0.25, 0.3) is 11.6 Å². The number of ether oxygens (including phenoxy) is 2. The number of pyridine rings is 1. The zero-order valence-corrected chi connectivity index (χ0v) is 23.6. The first-order chi connectivity index (χ1) is 20.8. The van der Waals surface area contributed by atoms with Crippen molar-refractivity contribution in [1.29, 1.82) is 5.26 Å². The van der Waals surface area contributed by atoms with Crippen LogP contribution < -0.4 is 9.64 Å². The Labute approximate surface area is 248 Å². The molecule has 11 heteroatoms. The molecule has 1 spiro atoms. The molecule has 4 heterocycles. The quantitative estimate of drug-likeness (QED) is 0.300. The van der Waals surface area contributed by atoms with E-state index in [1.54, 1.807) is 23.1 Å². The van der Waals surface area contributed by atoms with E-state index < -0.39 is 16.4 Å². The van der Waals surface area contributed by atoms with Gasteiger partial charge in [0, 0.05) is 45.1 Å². The second-order valence-electron chi connectivity index (χ2n) is 11.3. The summed E-state index contributed by atoms with van der Waals surface area (Å²) in [4.78, 5) is 45.8. The number of likely N-dealkylation sites (tertiary alicyclic amines) is 1. The lowest BCUT2D eigenvalue weighted by Gasteiger charge is -2.44. The van der Waals surface area contributed by atoms with Crippen LogP contribution in [0.5, 0.6) is 5.75 Å². The molecule has 11 nitrogen and oxygen atoms in total. The predicted molar refractivity (Wildman–Crippen MR) is 156 cm³/mol. The van der Waals surface area contributed by atoms with Crippen LogP contribution in [0.3, 0.4) is 0 Å². The van der Waals surface area contributed by atoms with Gasteiger partial charge < -0.3 is 19.3 Å². The molecule has 0 bridgehead atoms. The molecule has 2 fully saturated rings. The Bertz CT molecular complexity index is 1590. The predicted octanol–water partition coefficient (Wildman–Crippen LogP) is 4.69. The van der Waals surface area contributed by atoms with Gasteiger partial charge in [0.2, 0.25) is 0 Å². The lowest BCUT2D eigenvalue weighted by atomic mass is 9.82. The number of carbonyl (C=O) groups excluding carboxylic acids is 2. The third-order valence-corrected chi connectivity index (χ3v) is 8.57. The minimum atomic E-state index is -0.753. The summed E-state index contributed by atoms with van der Waals surface area (Å²) in [6, 6.07) is 18.4. The van der Waals surface area contributed by atoms with Gasteiger partial charge in [-0.2, -0.15) is 5.26 Å². The van der Waals surface area contributed by atoms with Gasteiger partial charge in [-0.3, -0.25) is 19.7 Å². The van der Waals surface area contributed by atoms with Crippen LogP contribution in [-0.2, 0) is 11.3 Å². The molecule has 3 aliphatic rings. The van der Waals surface area contributed by atoms with E-state index in [-0.39, 0.29) is 42.6 Å². The van der Waals surface area contributed by atoms with Crippen LogP contribution in [0.25, 0.3) is 0 Å². The Morgan fingerprint density at radius 2 is 1.86 bits per heavy atom. The van der Waals surface area contributed by atoms with Crippen molar-refractivity contribution in [3.05, 3.63) is 93.2 Å². The molecule has 3 aromatic rings. The number of anilines is 1. The largest absolute Gasteiger partial charge is 0.486 e. The van der Waals surface area contributed by atoms with Gasteiger partial charge in [0.15, 0.2) is 5.78 Å². The molecule has 2 saturated heterocycles. The third kappa shape index (κ3) is 5.92. The molecule has 1 aromatic heterocycles. The van der Waals surface area contributed by atoms with Crippen molar-refractivity contribution in [1.82, 2.24) is 9.88 Å². The number of rotatable bonds is 6. The number of amides is 1. The van der Waals surface area contributed by atoms with E-state index in [2.05, 4.69) is 4.98 Å². The number of benzene rings is 2. The Kier molecular flexibility index (Phi) is 7.78. The molecule has 43 heavy (non-hydrogen) atoms. The summed E-state index contributed by atoms with van der Waals surface area (Å²) in [5.74, 6) is 0.437. The van der Waals surface area contributed by atoms with Crippen LogP contribution in [0.2, 0.25) is 0 Å². The van der Waals surface area contributed by atoms with Crippen LogP contribution in [0.15, 0.2) is 60.8 Å². The van der Waals surface area contributed by atoms with Crippen LogP contribution in [0, 0.1) is 21.4 Å². The zero-order valence-electron chi connectivity index (χ0n) is 23.6. The Morgan fingerprint density at radius 1 is 1.12 bits per heavy atom. The molecule has 0 aliphatic carbocycles. The van der Waals surface area contributed by atoms with E-state index in [0.717, 1.165) is 18.4 Å². The van der Waals surface area contributed by atoms with Crippen molar-refractivity contribution >= 4 is 23.2 Å². The van der Waals surface area contributed by atoms with Crippen molar-refractivity contribution in [3.8, 4) is 11.8 Å². The van der Waals surface area contributed by atoms with Gasteiger partial charge in [-0.15, -0.1) is 0 Å². The first-order valence-corrected chi connectivity index (χ1v) is 14.4. The van der Waals surface area contributed by atoms with Gasteiger partial charge >= 0.3 is 0 Å². The highest BCUT2D eigenvalue weighted by Gasteiger charge is 2.44. The van der Waals surface area contributed by atoms with Crippen LogP contribution >= 0.6 is 0 Å². The summed E-state index contributed by atoms with van der Waals surface area (Å²) in [6.45, 7) is 2.44. The number of piperidine rings is 2.